The summed E-state index contributed by atoms with van der Waals surface area (Å²) in [7, 11) is 0. The number of halogens is 1. The van der Waals surface area contributed by atoms with Crippen molar-refractivity contribution in [3.8, 4) is 0 Å². The van der Waals surface area contributed by atoms with Crippen molar-refractivity contribution in [1.29, 1.82) is 0 Å². The number of hydrogen-bond acceptors (Lipinski definition) is 3. The molecule has 1 fully saturated rings. The molecule has 0 aromatic rings. The van der Waals surface area contributed by atoms with Gasteiger partial charge in [-0.2, -0.15) is 0 Å². The molecule has 1 rings (SSSR count). The first-order valence-electron chi connectivity index (χ1n) is 4.97. The number of piperidine rings is 1. The van der Waals surface area contributed by atoms with E-state index in [0.717, 1.165) is 19.4 Å². The van der Waals surface area contributed by atoms with Crippen molar-refractivity contribution in [3.63, 3.8) is 0 Å². The Morgan fingerprint density at radius 3 is 2.64 bits per heavy atom. The number of carbonyl (C=O) groups excluding carboxylic acids is 1. The first kappa shape index (κ1) is 13.7. The van der Waals surface area contributed by atoms with Gasteiger partial charge in [0.05, 0.1) is 12.5 Å². The molecule has 1 N–H and O–H groups in total. The van der Waals surface area contributed by atoms with Crippen molar-refractivity contribution in [3.05, 3.63) is 0 Å². The Morgan fingerprint density at radius 2 is 2.21 bits per heavy atom. The monoisotopic (exact) mass is 221 g/mol. The van der Waals surface area contributed by atoms with E-state index in [2.05, 4.69) is 19.2 Å². The predicted octanol–water partition coefficient (Wildman–Crippen LogP) is 1.75. The summed E-state index contributed by atoms with van der Waals surface area (Å²) in [5.41, 5.74) is 0.184. The summed E-state index contributed by atoms with van der Waals surface area (Å²) in [5.74, 6) is 0.0125. The molecule has 0 aromatic carbocycles. The van der Waals surface area contributed by atoms with Gasteiger partial charge in [0.25, 0.3) is 0 Å². The highest BCUT2D eigenvalue weighted by Gasteiger charge is 2.30. The molecule has 84 valence electrons. The SMILES string of the molecule is CCOC(=O)C1CCC(C)(C)NC1.Cl. The maximum atomic E-state index is 11.3. The van der Waals surface area contributed by atoms with E-state index in [-0.39, 0.29) is 29.8 Å². The highest BCUT2D eigenvalue weighted by molar-refractivity contribution is 5.85. The van der Waals surface area contributed by atoms with Gasteiger partial charge in [-0.05, 0) is 33.6 Å². The highest BCUT2D eigenvalue weighted by Crippen LogP contribution is 2.22. The van der Waals surface area contributed by atoms with E-state index in [1.165, 1.54) is 0 Å². The maximum absolute atomic E-state index is 11.3. The van der Waals surface area contributed by atoms with Crippen LogP contribution in [0, 0.1) is 5.92 Å². The highest BCUT2D eigenvalue weighted by atomic mass is 35.5. The van der Waals surface area contributed by atoms with E-state index in [4.69, 9.17) is 4.74 Å². The molecule has 0 aromatic heterocycles. The number of hydrogen-bond donors (Lipinski definition) is 1. The molecule has 1 heterocycles. The molecule has 0 radical (unpaired) electrons. The Kier molecular flexibility index (Phi) is 5.45. The largest absolute Gasteiger partial charge is 0.466 e. The minimum atomic E-state index is -0.0505. The van der Waals surface area contributed by atoms with E-state index in [9.17, 15) is 4.79 Å². The van der Waals surface area contributed by atoms with E-state index >= 15 is 0 Å². The van der Waals surface area contributed by atoms with Gasteiger partial charge in [-0.15, -0.1) is 12.4 Å². The lowest BCUT2D eigenvalue weighted by Gasteiger charge is -2.34. The molecule has 14 heavy (non-hydrogen) atoms. The number of esters is 1. The zero-order valence-corrected chi connectivity index (χ0v) is 9.95. The number of rotatable bonds is 2. The lowest BCUT2D eigenvalue weighted by atomic mass is 9.87. The summed E-state index contributed by atoms with van der Waals surface area (Å²) < 4.78 is 4.97. The average Bonchev–Trinajstić information content (AvgIpc) is 2.04. The van der Waals surface area contributed by atoms with Crippen LogP contribution in [-0.2, 0) is 9.53 Å². The van der Waals surface area contributed by atoms with Gasteiger partial charge in [0, 0.05) is 12.1 Å². The van der Waals surface area contributed by atoms with Crippen LogP contribution >= 0.6 is 12.4 Å². The van der Waals surface area contributed by atoms with Crippen LogP contribution in [0.2, 0.25) is 0 Å². The molecular weight excluding hydrogens is 202 g/mol. The Labute approximate surface area is 92.0 Å². The van der Waals surface area contributed by atoms with Gasteiger partial charge in [-0.25, -0.2) is 0 Å². The Morgan fingerprint density at radius 1 is 1.57 bits per heavy atom. The fourth-order valence-electron chi connectivity index (χ4n) is 1.59. The molecule has 0 saturated carbocycles. The Bertz CT molecular complexity index is 185. The Balaban J connectivity index is 0.00000169. The minimum absolute atomic E-state index is 0. The molecule has 1 saturated heterocycles. The van der Waals surface area contributed by atoms with Crippen molar-refractivity contribution < 1.29 is 9.53 Å². The molecule has 0 amide bonds. The predicted molar refractivity (Wildman–Crippen MR) is 58.7 cm³/mol. The van der Waals surface area contributed by atoms with Gasteiger partial charge in [-0.3, -0.25) is 4.79 Å². The first-order valence-corrected chi connectivity index (χ1v) is 4.97. The molecule has 0 aliphatic carbocycles. The van der Waals surface area contributed by atoms with Gasteiger partial charge >= 0.3 is 5.97 Å². The topological polar surface area (TPSA) is 38.3 Å². The number of ether oxygens (including phenoxy) is 1. The van der Waals surface area contributed by atoms with Gasteiger partial charge in [0.1, 0.15) is 0 Å². The zero-order chi connectivity index (χ0) is 9.90. The molecule has 1 aliphatic rings. The van der Waals surface area contributed by atoms with Crippen molar-refractivity contribution >= 4 is 18.4 Å². The maximum Gasteiger partial charge on any atom is 0.310 e. The van der Waals surface area contributed by atoms with Crippen molar-refractivity contribution in [1.82, 2.24) is 5.32 Å². The minimum Gasteiger partial charge on any atom is -0.466 e. The van der Waals surface area contributed by atoms with Gasteiger partial charge in [0.2, 0.25) is 0 Å². The summed E-state index contributed by atoms with van der Waals surface area (Å²) in [6, 6.07) is 0. The molecule has 4 heteroatoms. The third-order valence-corrected chi connectivity index (χ3v) is 2.56. The van der Waals surface area contributed by atoms with E-state index in [1.54, 1.807) is 0 Å². The summed E-state index contributed by atoms with van der Waals surface area (Å²) in [6.07, 6.45) is 1.98. The summed E-state index contributed by atoms with van der Waals surface area (Å²) in [6.45, 7) is 7.41. The van der Waals surface area contributed by atoms with Crippen LogP contribution in [0.4, 0.5) is 0 Å². The van der Waals surface area contributed by atoms with Crippen LogP contribution < -0.4 is 5.32 Å². The Hall–Kier alpha value is -0.280. The van der Waals surface area contributed by atoms with Crippen LogP contribution in [0.3, 0.4) is 0 Å². The van der Waals surface area contributed by atoms with E-state index in [0.29, 0.717) is 6.61 Å². The van der Waals surface area contributed by atoms with Crippen LogP contribution in [0.15, 0.2) is 0 Å². The van der Waals surface area contributed by atoms with Gasteiger partial charge < -0.3 is 10.1 Å². The third kappa shape index (κ3) is 3.84. The third-order valence-electron chi connectivity index (χ3n) is 2.56. The normalized spacial score (nSPS) is 24.9. The van der Waals surface area contributed by atoms with Crippen LogP contribution in [0.1, 0.15) is 33.6 Å². The molecule has 3 nitrogen and oxygen atoms in total. The molecule has 1 unspecified atom stereocenters. The number of nitrogens with one attached hydrogen (secondary N) is 1. The lowest BCUT2D eigenvalue weighted by molar-refractivity contribution is -0.149. The van der Waals surface area contributed by atoms with Crippen molar-refractivity contribution in [2.24, 2.45) is 5.92 Å². The standard InChI is InChI=1S/C10H19NO2.ClH/c1-4-13-9(12)8-5-6-10(2,3)11-7-8;/h8,11H,4-7H2,1-3H3;1H. The van der Waals surface area contributed by atoms with Crippen molar-refractivity contribution in [2.75, 3.05) is 13.2 Å². The molecule has 0 bridgehead atoms. The van der Waals surface area contributed by atoms with Crippen LogP contribution in [-0.4, -0.2) is 24.7 Å². The molecule has 0 spiro atoms. The lowest BCUT2D eigenvalue weighted by Crippen LogP contribution is -2.48. The fraction of sp³-hybridized carbons (Fsp3) is 0.900. The van der Waals surface area contributed by atoms with E-state index in [1.807, 2.05) is 6.92 Å². The molecular formula is C10H20ClNO2. The summed E-state index contributed by atoms with van der Waals surface area (Å²) >= 11 is 0. The zero-order valence-electron chi connectivity index (χ0n) is 9.13. The van der Waals surface area contributed by atoms with E-state index < -0.39 is 0 Å². The fourth-order valence-corrected chi connectivity index (χ4v) is 1.59. The summed E-state index contributed by atoms with van der Waals surface area (Å²) in [5, 5.41) is 3.35. The number of carbonyl (C=O) groups is 1. The second kappa shape index (κ2) is 5.56. The molecule has 1 aliphatic heterocycles. The van der Waals surface area contributed by atoms with Crippen LogP contribution in [0.25, 0.3) is 0 Å². The second-order valence-corrected chi connectivity index (χ2v) is 4.25. The van der Waals surface area contributed by atoms with Crippen molar-refractivity contribution in [2.45, 2.75) is 39.2 Å². The van der Waals surface area contributed by atoms with Crippen LogP contribution in [0.5, 0.6) is 0 Å². The quantitative estimate of drug-likeness (QED) is 0.723. The second-order valence-electron chi connectivity index (χ2n) is 4.25. The average molecular weight is 222 g/mol. The summed E-state index contributed by atoms with van der Waals surface area (Å²) in [4.78, 5) is 11.3. The van der Waals surface area contributed by atoms with Gasteiger partial charge in [0.15, 0.2) is 0 Å². The van der Waals surface area contributed by atoms with Gasteiger partial charge in [-0.1, -0.05) is 0 Å². The smallest absolute Gasteiger partial charge is 0.310 e. The molecule has 1 atom stereocenters. The first-order chi connectivity index (χ1) is 6.05.